The number of aliphatic hydroxyl groups is 1. The first-order chi connectivity index (χ1) is 21.9. The summed E-state index contributed by atoms with van der Waals surface area (Å²) < 4.78 is 22.9. The maximum Gasteiger partial charge on any atom is 0.269 e. The zero-order valence-electron chi connectivity index (χ0n) is 26.5. The van der Waals surface area contributed by atoms with Crippen LogP contribution in [0.25, 0.3) is 0 Å². The second-order valence-corrected chi connectivity index (χ2v) is 17.4. The lowest BCUT2D eigenvalue weighted by Crippen LogP contribution is -2.45. The van der Waals surface area contributed by atoms with Crippen molar-refractivity contribution in [3.05, 3.63) is 63.7 Å². The van der Waals surface area contributed by atoms with Gasteiger partial charge in [-0.2, -0.15) is 0 Å². The second kappa shape index (κ2) is 12.2. The van der Waals surface area contributed by atoms with Gasteiger partial charge in [-0.05, 0) is 62.5 Å². The van der Waals surface area contributed by atoms with E-state index in [0.717, 1.165) is 30.5 Å². The number of ether oxygens (including phenoxy) is 1. The molecule has 4 aliphatic rings. The molecule has 4 heterocycles. The number of nitro groups is 1. The quantitative estimate of drug-likeness (QED) is 0.187. The molecule has 0 radical (unpaired) electrons. The molecule has 3 amide bonds. The molecule has 4 aliphatic heterocycles. The van der Waals surface area contributed by atoms with Crippen LogP contribution in [0.2, 0.25) is 18.6 Å². The third-order valence-electron chi connectivity index (χ3n) is 10.3. The molecule has 2 aromatic rings. The highest BCUT2D eigenvalue weighted by molar-refractivity contribution is 6.72. The summed E-state index contributed by atoms with van der Waals surface area (Å²) in [5, 5.41) is 21.7. The van der Waals surface area contributed by atoms with Crippen molar-refractivity contribution in [2.45, 2.75) is 88.4 Å². The number of carbonyl (C=O) groups excluding carboxylic acids is 3. The standard InChI is InChI=1S/C33H41FN4O7Si/c1-21-31(46(2,3)34)28(18-30(41)36-15-7-10-25(36)20-39)45-33(21)26-17-24(38(43)44)12-13-27(26)37(32(33)42)19-22-8-6-9-23(16-22)35-14-5-4-11-29(35)40/h6,8-9,12-13,16-17,21,25,28,31,39H,4-5,7,10-11,14-15,18-20H2,1-3H3/t21-,25-,28+,31-,33+/m0/s1. The highest BCUT2D eigenvalue weighted by Crippen LogP contribution is 2.60. The molecule has 246 valence electrons. The molecular weight excluding hydrogens is 611 g/mol. The maximum absolute atomic E-state index is 16.2. The van der Waals surface area contributed by atoms with E-state index in [9.17, 15) is 29.6 Å². The molecular formula is C33H41FN4O7Si. The van der Waals surface area contributed by atoms with Crippen LogP contribution in [-0.4, -0.2) is 72.9 Å². The van der Waals surface area contributed by atoms with Gasteiger partial charge in [-0.1, -0.05) is 19.1 Å². The monoisotopic (exact) mass is 652 g/mol. The van der Waals surface area contributed by atoms with Crippen LogP contribution in [0.4, 0.5) is 21.2 Å². The lowest BCUT2D eigenvalue weighted by atomic mass is 9.82. The number of likely N-dealkylation sites (tertiary alicyclic amines) is 1. The van der Waals surface area contributed by atoms with Gasteiger partial charge in [-0.25, -0.2) is 0 Å². The summed E-state index contributed by atoms with van der Waals surface area (Å²) in [4.78, 5) is 57.1. The summed E-state index contributed by atoms with van der Waals surface area (Å²) in [6.45, 7) is 5.88. The lowest BCUT2D eigenvalue weighted by Gasteiger charge is -2.31. The van der Waals surface area contributed by atoms with Crippen molar-refractivity contribution in [2.75, 3.05) is 29.5 Å². The van der Waals surface area contributed by atoms with Gasteiger partial charge in [0.2, 0.25) is 20.2 Å². The van der Waals surface area contributed by atoms with Crippen LogP contribution in [0.5, 0.6) is 0 Å². The number of non-ortho nitro benzene ring substituents is 1. The Balaban J connectivity index is 1.38. The van der Waals surface area contributed by atoms with Crippen molar-refractivity contribution in [1.82, 2.24) is 4.90 Å². The number of anilines is 2. The van der Waals surface area contributed by atoms with Gasteiger partial charge in [0, 0.05) is 54.4 Å². The number of benzene rings is 2. The summed E-state index contributed by atoms with van der Waals surface area (Å²) in [7, 11) is -3.58. The number of amides is 3. The predicted molar refractivity (Wildman–Crippen MR) is 171 cm³/mol. The summed E-state index contributed by atoms with van der Waals surface area (Å²) >= 11 is 0. The van der Waals surface area contributed by atoms with Crippen LogP contribution in [0.15, 0.2) is 42.5 Å². The molecule has 3 saturated heterocycles. The zero-order chi connectivity index (χ0) is 33.0. The minimum atomic E-state index is -3.58. The average Bonchev–Trinajstić information content (AvgIpc) is 3.68. The van der Waals surface area contributed by atoms with Gasteiger partial charge in [0.25, 0.3) is 11.6 Å². The number of hydrogen-bond acceptors (Lipinski definition) is 7. The van der Waals surface area contributed by atoms with Crippen molar-refractivity contribution < 1.29 is 33.3 Å². The number of halogens is 1. The number of nitrogens with zero attached hydrogens (tertiary/aromatic N) is 4. The Bertz CT molecular complexity index is 1570. The van der Waals surface area contributed by atoms with Crippen molar-refractivity contribution in [2.24, 2.45) is 5.92 Å². The first kappa shape index (κ1) is 32.3. The smallest absolute Gasteiger partial charge is 0.269 e. The predicted octanol–water partition coefficient (Wildman–Crippen LogP) is 4.81. The third kappa shape index (κ3) is 5.41. The van der Waals surface area contributed by atoms with Gasteiger partial charge in [0.15, 0.2) is 5.60 Å². The van der Waals surface area contributed by atoms with Crippen molar-refractivity contribution in [3.8, 4) is 0 Å². The maximum atomic E-state index is 16.2. The molecule has 0 aliphatic carbocycles. The number of piperidine rings is 1. The van der Waals surface area contributed by atoms with Gasteiger partial charge in [0.05, 0.1) is 42.3 Å². The van der Waals surface area contributed by atoms with Crippen molar-refractivity contribution in [1.29, 1.82) is 0 Å². The minimum absolute atomic E-state index is 0.0503. The number of carbonyl (C=O) groups is 3. The third-order valence-corrected chi connectivity index (χ3v) is 12.8. The van der Waals surface area contributed by atoms with Crippen LogP contribution in [0.1, 0.15) is 56.6 Å². The van der Waals surface area contributed by atoms with E-state index in [1.165, 1.54) is 23.1 Å². The fourth-order valence-corrected chi connectivity index (χ4v) is 10.7. The van der Waals surface area contributed by atoms with Crippen LogP contribution in [0, 0.1) is 16.0 Å². The topological polar surface area (TPSA) is 134 Å². The van der Waals surface area contributed by atoms with Crippen molar-refractivity contribution in [3.63, 3.8) is 0 Å². The van der Waals surface area contributed by atoms with E-state index >= 15 is 4.11 Å². The van der Waals surface area contributed by atoms with Gasteiger partial charge in [-0.3, -0.25) is 24.5 Å². The molecule has 6 rings (SSSR count). The lowest BCUT2D eigenvalue weighted by molar-refractivity contribution is -0.385. The Hall–Kier alpha value is -3.68. The van der Waals surface area contributed by atoms with Gasteiger partial charge < -0.3 is 28.7 Å². The minimum Gasteiger partial charge on any atom is -0.394 e. The van der Waals surface area contributed by atoms with E-state index < -0.39 is 42.4 Å². The van der Waals surface area contributed by atoms with Crippen molar-refractivity contribution >= 4 is 43.2 Å². The highest BCUT2D eigenvalue weighted by Gasteiger charge is 2.67. The van der Waals surface area contributed by atoms with Gasteiger partial charge in [-0.15, -0.1) is 0 Å². The Morgan fingerprint density at radius 3 is 2.63 bits per heavy atom. The molecule has 2 aromatic carbocycles. The van der Waals surface area contributed by atoms with E-state index in [2.05, 4.69) is 0 Å². The molecule has 3 fully saturated rings. The summed E-state index contributed by atoms with van der Waals surface area (Å²) in [6.07, 6.45) is 2.59. The van der Waals surface area contributed by atoms with E-state index in [-0.39, 0.29) is 43.1 Å². The second-order valence-electron chi connectivity index (χ2n) is 13.6. The number of nitro benzene ring substituents is 1. The largest absolute Gasteiger partial charge is 0.394 e. The zero-order valence-corrected chi connectivity index (χ0v) is 27.5. The Kier molecular flexibility index (Phi) is 8.53. The summed E-state index contributed by atoms with van der Waals surface area (Å²) in [5.41, 5.74) is -0.468. The number of aliphatic hydroxyl groups excluding tert-OH is 1. The number of rotatable bonds is 8. The molecule has 46 heavy (non-hydrogen) atoms. The first-order valence-electron chi connectivity index (χ1n) is 16.1. The Morgan fingerprint density at radius 2 is 1.93 bits per heavy atom. The van der Waals surface area contributed by atoms with E-state index in [4.69, 9.17) is 4.74 Å². The molecule has 0 bridgehead atoms. The molecule has 13 heteroatoms. The fourth-order valence-electron chi connectivity index (χ4n) is 8.23. The number of fused-ring (bicyclic) bond motifs is 2. The van der Waals surface area contributed by atoms with E-state index in [1.807, 2.05) is 24.3 Å². The highest BCUT2D eigenvalue weighted by atomic mass is 28.4. The molecule has 0 unspecified atom stereocenters. The van der Waals surface area contributed by atoms with Crippen LogP contribution >= 0.6 is 0 Å². The summed E-state index contributed by atoms with van der Waals surface area (Å²) in [6, 6.07) is 11.4. The van der Waals surface area contributed by atoms with Crippen LogP contribution in [0.3, 0.4) is 0 Å². The summed E-state index contributed by atoms with van der Waals surface area (Å²) in [5.74, 6) is -1.39. The average molecular weight is 653 g/mol. The number of hydrogen-bond donors (Lipinski definition) is 1. The fraction of sp³-hybridized carbons (Fsp3) is 0.545. The molecule has 0 aromatic heterocycles. The van der Waals surface area contributed by atoms with Crippen LogP contribution < -0.4 is 9.80 Å². The van der Waals surface area contributed by atoms with Crippen LogP contribution in [-0.2, 0) is 31.3 Å². The Labute approximate surface area is 268 Å². The van der Waals surface area contributed by atoms with E-state index in [1.54, 1.807) is 29.8 Å². The molecule has 1 spiro atoms. The van der Waals surface area contributed by atoms with E-state index in [0.29, 0.717) is 37.2 Å². The molecule has 0 saturated carbocycles. The normalized spacial score (nSPS) is 28.0. The van der Waals surface area contributed by atoms with Gasteiger partial charge in [0.1, 0.15) is 0 Å². The SMILES string of the molecule is C[C@H]1[C@H]([Si](C)(C)F)[C@@H](CC(=O)N2CCC[C@H]2CO)O[C@]12C(=O)N(Cc1cccc(N3CCCCC3=O)c1)c1ccc([N+](=O)[O-])cc12. The first-order valence-corrected chi connectivity index (χ1v) is 19.1. The Morgan fingerprint density at radius 1 is 1.15 bits per heavy atom. The molecule has 1 N–H and O–H groups in total. The van der Waals surface area contributed by atoms with Gasteiger partial charge >= 0.3 is 0 Å². The molecule has 5 atom stereocenters. The molecule has 11 nitrogen and oxygen atoms in total.